The summed E-state index contributed by atoms with van der Waals surface area (Å²) in [6.07, 6.45) is 1.96. The standard InChI is InChI=1S/C14H21NO3/c1-3-13(15)11-6-8-12(9-7-11)18-10-4-5-14(16)17-2/h6-9,13H,3-5,10,15H2,1-2H3/t13-/m0/s1. The summed E-state index contributed by atoms with van der Waals surface area (Å²) in [6.45, 7) is 2.57. The highest BCUT2D eigenvalue weighted by molar-refractivity contribution is 5.69. The van der Waals surface area contributed by atoms with E-state index in [2.05, 4.69) is 11.7 Å². The van der Waals surface area contributed by atoms with Gasteiger partial charge in [0.25, 0.3) is 0 Å². The first-order valence-electron chi connectivity index (χ1n) is 6.22. The Morgan fingerprint density at radius 1 is 1.33 bits per heavy atom. The third-order valence-electron chi connectivity index (χ3n) is 2.77. The van der Waals surface area contributed by atoms with E-state index in [1.165, 1.54) is 7.11 Å². The van der Waals surface area contributed by atoms with Gasteiger partial charge < -0.3 is 15.2 Å². The maximum Gasteiger partial charge on any atom is 0.305 e. The molecule has 0 saturated heterocycles. The molecule has 0 aromatic heterocycles. The molecule has 18 heavy (non-hydrogen) atoms. The first-order chi connectivity index (χ1) is 8.67. The van der Waals surface area contributed by atoms with Crippen LogP contribution in [0, 0.1) is 0 Å². The topological polar surface area (TPSA) is 61.5 Å². The van der Waals surface area contributed by atoms with Crippen molar-refractivity contribution in [2.45, 2.75) is 32.2 Å². The largest absolute Gasteiger partial charge is 0.494 e. The van der Waals surface area contributed by atoms with E-state index in [4.69, 9.17) is 10.5 Å². The zero-order valence-corrected chi connectivity index (χ0v) is 11.0. The normalized spacial score (nSPS) is 11.9. The molecule has 4 nitrogen and oxygen atoms in total. The molecule has 0 aliphatic carbocycles. The Balaban J connectivity index is 2.33. The van der Waals surface area contributed by atoms with Crippen molar-refractivity contribution in [2.24, 2.45) is 5.73 Å². The van der Waals surface area contributed by atoms with E-state index < -0.39 is 0 Å². The molecule has 1 atom stereocenters. The zero-order valence-electron chi connectivity index (χ0n) is 11.0. The van der Waals surface area contributed by atoms with Crippen LogP contribution >= 0.6 is 0 Å². The van der Waals surface area contributed by atoms with Gasteiger partial charge in [-0.3, -0.25) is 4.79 Å². The quantitative estimate of drug-likeness (QED) is 0.597. The molecule has 0 aliphatic rings. The number of rotatable bonds is 7. The smallest absolute Gasteiger partial charge is 0.305 e. The summed E-state index contributed by atoms with van der Waals surface area (Å²) >= 11 is 0. The second-order valence-corrected chi connectivity index (χ2v) is 4.11. The predicted octanol–water partition coefficient (Wildman–Crippen LogP) is 2.43. The average molecular weight is 251 g/mol. The Hall–Kier alpha value is -1.55. The van der Waals surface area contributed by atoms with E-state index in [1.54, 1.807) is 0 Å². The van der Waals surface area contributed by atoms with Crippen molar-refractivity contribution in [3.05, 3.63) is 29.8 Å². The molecule has 2 N–H and O–H groups in total. The van der Waals surface area contributed by atoms with Crippen LogP contribution in [0.1, 0.15) is 37.8 Å². The summed E-state index contributed by atoms with van der Waals surface area (Å²) in [5.41, 5.74) is 7.03. The van der Waals surface area contributed by atoms with Crippen LogP contribution in [0.25, 0.3) is 0 Å². The maximum atomic E-state index is 10.9. The van der Waals surface area contributed by atoms with Crippen LogP contribution in [0.4, 0.5) is 0 Å². The van der Waals surface area contributed by atoms with Gasteiger partial charge in [-0.05, 0) is 30.5 Å². The number of hydrogen-bond acceptors (Lipinski definition) is 4. The summed E-state index contributed by atoms with van der Waals surface area (Å²) in [4.78, 5) is 10.9. The number of nitrogens with two attached hydrogens (primary N) is 1. The van der Waals surface area contributed by atoms with Crippen LogP contribution in [0.5, 0.6) is 5.75 Å². The lowest BCUT2D eigenvalue weighted by atomic mass is 10.1. The fourth-order valence-electron chi connectivity index (χ4n) is 1.56. The monoisotopic (exact) mass is 251 g/mol. The molecule has 1 aromatic carbocycles. The van der Waals surface area contributed by atoms with Crippen LogP contribution in [0.2, 0.25) is 0 Å². The van der Waals surface area contributed by atoms with Gasteiger partial charge in [-0.2, -0.15) is 0 Å². The van der Waals surface area contributed by atoms with Crippen LogP contribution in [0.3, 0.4) is 0 Å². The fourth-order valence-corrected chi connectivity index (χ4v) is 1.56. The lowest BCUT2D eigenvalue weighted by Crippen LogP contribution is -2.08. The number of carbonyl (C=O) groups is 1. The Morgan fingerprint density at radius 3 is 2.56 bits per heavy atom. The molecule has 100 valence electrons. The van der Waals surface area contributed by atoms with Crippen molar-refractivity contribution in [1.82, 2.24) is 0 Å². The van der Waals surface area contributed by atoms with E-state index in [1.807, 2.05) is 24.3 Å². The highest BCUT2D eigenvalue weighted by atomic mass is 16.5. The van der Waals surface area contributed by atoms with Gasteiger partial charge in [0.15, 0.2) is 0 Å². The highest BCUT2D eigenvalue weighted by Gasteiger charge is 2.03. The molecular weight excluding hydrogens is 230 g/mol. The van der Waals surface area contributed by atoms with Crippen LogP contribution in [-0.4, -0.2) is 19.7 Å². The fraction of sp³-hybridized carbons (Fsp3) is 0.500. The van der Waals surface area contributed by atoms with E-state index in [0.717, 1.165) is 17.7 Å². The van der Waals surface area contributed by atoms with Gasteiger partial charge in [0, 0.05) is 12.5 Å². The first-order valence-corrected chi connectivity index (χ1v) is 6.22. The van der Waals surface area contributed by atoms with Gasteiger partial charge in [-0.25, -0.2) is 0 Å². The van der Waals surface area contributed by atoms with Gasteiger partial charge in [0.05, 0.1) is 13.7 Å². The predicted molar refractivity (Wildman–Crippen MR) is 70.4 cm³/mol. The third-order valence-corrected chi connectivity index (χ3v) is 2.77. The second kappa shape index (κ2) is 7.71. The Bertz CT molecular complexity index is 362. The van der Waals surface area contributed by atoms with Crippen molar-refractivity contribution < 1.29 is 14.3 Å². The van der Waals surface area contributed by atoms with Gasteiger partial charge in [0.2, 0.25) is 0 Å². The maximum absolute atomic E-state index is 10.9. The molecule has 0 spiro atoms. The Kier molecular flexibility index (Phi) is 6.22. The number of methoxy groups -OCH3 is 1. The number of carbonyl (C=O) groups excluding carboxylic acids is 1. The second-order valence-electron chi connectivity index (χ2n) is 4.11. The van der Waals surface area contributed by atoms with Gasteiger partial charge in [-0.15, -0.1) is 0 Å². The minimum atomic E-state index is -0.206. The van der Waals surface area contributed by atoms with Crippen molar-refractivity contribution in [3.63, 3.8) is 0 Å². The zero-order chi connectivity index (χ0) is 13.4. The van der Waals surface area contributed by atoms with Crippen molar-refractivity contribution in [2.75, 3.05) is 13.7 Å². The summed E-state index contributed by atoms with van der Waals surface area (Å²) < 4.78 is 10.1. The number of esters is 1. The molecule has 0 radical (unpaired) electrons. The minimum absolute atomic E-state index is 0.0818. The molecule has 0 aliphatic heterocycles. The summed E-state index contributed by atoms with van der Waals surface area (Å²) in [7, 11) is 1.39. The van der Waals surface area contributed by atoms with Crippen molar-refractivity contribution in [3.8, 4) is 5.75 Å². The molecule has 0 saturated carbocycles. The number of ether oxygens (including phenoxy) is 2. The van der Waals surface area contributed by atoms with Gasteiger partial charge in [-0.1, -0.05) is 19.1 Å². The molecule has 4 heteroatoms. The SMILES string of the molecule is CC[C@H](N)c1ccc(OCCCC(=O)OC)cc1. The summed E-state index contributed by atoms with van der Waals surface area (Å²) in [6, 6.07) is 7.85. The summed E-state index contributed by atoms with van der Waals surface area (Å²) in [5, 5.41) is 0. The number of benzene rings is 1. The van der Waals surface area contributed by atoms with E-state index >= 15 is 0 Å². The lowest BCUT2D eigenvalue weighted by molar-refractivity contribution is -0.140. The average Bonchev–Trinajstić information content (AvgIpc) is 2.43. The van der Waals surface area contributed by atoms with E-state index in [-0.39, 0.29) is 12.0 Å². The van der Waals surface area contributed by atoms with Crippen LogP contribution in [0.15, 0.2) is 24.3 Å². The van der Waals surface area contributed by atoms with Crippen LogP contribution in [-0.2, 0) is 9.53 Å². The Morgan fingerprint density at radius 2 is 2.00 bits per heavy atom. The molecule has 0 unspecified atom stereocenters. The number of hydrogen-bond donors (Lipinski definition) is 1. The first kappa shape index (κ1) is 14.5. The molecule has 0 amide bonds. The van der Waals surface area contributed by atoms with Crippen molar-refractivity contribution in [1.29, 1.82) is 0 Å². The highest BCUT2D eigenvalue weighted by Crippen LogP contribution is 2.18. The molecule has 0 heterocycles. The molecule has 0 bridgehead atoms. The minimum Gasteiger partial charge on any atom is -0.494 e. The molecule has 1 rings (SSSR count). The van der Waals surface area contributed by atoms with Gasteiger partial charge in [0.1, 0.15) is 5.75 Å². The van der Waals surface area contributed by atoms with E-state index in [9.17, 15) is 4.79 Å². The third kappa shape index (κ3) is 4.75. The molecule has 1 aromatic rings. The molecular formula is C14H21NO3. The molecule has 0 fully saturated rings. The van der Waals surface area contributed by atoms with E-state index in [0.29, 0.717) is 19.4 Å². The van der Waals surface area contributed by atoms with Gasteiger partial charge >= 0.3 is 5.97 Å². The van der Waals surface area contributed by atoms with Crippen LogP contribution < -0.4 is 10.5 Å². The Labute approximate surface area is 108 Å². The van der Waals surface area contributed by atoms with Crippen molar-refractivity contribution >= 4 is 5.97 Å². The lowest BCUT2D eigenvalue weighted by Gasteiger charge is -2.10. The summed E-state index contributed by atoms with van der Waals surface area (Å²) in [5.74, 6) is 0.592.